The van der Waals surface area contributed by atoms with E-state index in [1.54, 1.807) is 13.2 Å². The second-order valence-corrected chi connectivity index (χ2v) is 5.38. The van der Waals surface area contributed by atoms with Crippen LogP contribution in [0.1, 0.15) is 32.8 Å². The summed E-state index contributed by atoms with van der Waals surface area (Å²) in [5.41, 5.74) is 1.51. The van der Waals surface area contributed by atoms with Gasteiger partial charge in [0.1, 0.15) is 0 Å². The van der Waals surface area contributed by atoms with E-state index in [2.05, 4.69) is 0 Å². The van der Waals surface area contributed by atoms with E-state index in [9.17, 15) is 4.79 Å². The molecular weight excluding hydrogens is 248 g/mol. The molecule has 2 nitrogen and oxygen atoms in total. The van der Waals surface area contributed by atoms with E-state index in [1.807, 2.05) is 45.0 Å². The van der Waals surface area contributed by atoms with Gasteiger partial charge in [-0.1, -0.05) is 23.7 Å². The van der Waals surface area contributed by atoms with Crippen LogP contribution in [0.3, 0.4) is 0 Å². The van der Waals surface area contributed by atoms with Crippen LogP contribution in [0.5, 0.6) is 0 Å². The number of hydrogen-bond acceptors (Lipinski definition) is 2. The summed E-state index contributed by atoms with van der Waals surface area (Å²) in [4.78, 5) is 11.9. The number of halogens is 1. The summed E-state index contributed by atoms with van der Waals surface area (Å²) >= 11 is 5.83. The molecule has 0 spiro atoms. The van der Waals surface area contributed by atoms with Crippen molar-refractivity contribution in [2.24, 2.45) is 0 Å². The van der Waals surface area contributed by atoms with Crippen LogP contribution in [0.2, 0.25) is 5.02 Å². The highest BCUT2D eigenvalue weighted by molar-refractivity contribution is 6.30. The number of hydrogen-bond donors (Lipinski definition) is 0. The van der Waals surface area contributed by atoms with Crippen molar-refractivity contribution >= 4 is 23.0 Å². The first-order valence-electron chi connectivity index (χ1n) is 5.86. The predicted octanol–water partition coefficient (Wildman–Crippen LogP) is 4.13. The Kier molecular flexibility index (Phi) is 5.12. The summed E-state index contributed by atoms with van der Waals surface area (Å²) in [5, 5.41) is 0.693. The Morgan fingerprint density at radius 2 is 1.89 bits per heavy atom. The third-order valence-corrected chi connectivity index (χ3v) is 3.08. The Morgan fingerprint density at radius 3 is 2.39 bits per heavy atom. The molecule has 1 aromatic carbocycles. The molecule has 0 fully saturated rings. The Morgan fingerprint density at radius 1 is 1.33 bits per heavy atom. The summed E-state index contributed by atoms with van der Waals surface area (Å²) in [6, 6.07) is 7.45. The zero-order valence-electron chi connectivity index (χ0n) is 11.3. The standard InChI is InChI=1S/C15H19ClO2/c1-11(12-5-7-13(16)8-6-12)9-14(17)10-15(2,3)18-4/h5-9H,10H2,1-4H3. The molecule has 0 aliphatic rings. The molecule has 0 saturated carbocycles. The van der Waals surface area contributed by atoms with Gasteiger partial charge in [0.05, 0.1) is 5.60 Å². The topological polar surface area (TPSA) is 26.3 Å². The number of ether oxygens (including phenoxy) is 1. The number of ketones is 1. The van der Waals surface area contributed by atoms with Crippen LogP contribution in [0.4, 0.5) is 0 Å². The molecule has 3 heteroatoms. The lowest BCUT2D eigenvalue weighted by Crippen LogP contribution is -2.25. The van der Waals surface area contributed by atoms with E-state index in [1.165, 1.54) is 0 Å². The van der Waals surface area contributed by atoms with Crippen LogP contribution < -0.4 is 0 Å². The Bertz CT molecular complexity index is 444. The van der Waals surface area contributed by atoms with Gasteiger partial charge in [0, 0.05) is 18.6 Å². The van der Waals surface area contributed by atoms with Crippen molar-refractivity contribution in [2.45, 2.75) is 32.8 Å². The molecule has 0 radical (unpaired) electrons. The number of allylic oxidation sites excluding steroid dienone is 2. The van der Waals surface area contributed by atoms with Crippen molar-refractivity contribution in [1.82, 2.24) is 0 Å². The molecule has 98 valence electrons. The maximum Gasteiger partial charge on any atom is 0.158 e. The van der Waals surface area contributed by atoms with Crippen LogP contribution in [-0.4, -0.2) is 18.5 Å². The van der Waals surface area contributed by atoms with Crippen molar-refractivity contribution in [3.63, 3.8) is 0 Å². The van der Waals surface area contributed by atoms with E-state index in [4.69, 9.17) is 16.3 Å². The first-order valence-corrected chi connectivity index (χ1v) is 6.24. The van der Waals surface area contributed by atoms with Crippen molar-refractivity contribution < 1.29 is 9.53 Å². The smallest absolute Gasteiger partial charge is 0.158 e. The van der Waals surface area contributed by atoms with E-state index in [-0.39, 0.29) is 5.78 Å². The normalized spacial score (nSPS) is 12.6. The monoisotopic (exact) mass is 266 g/mol. The summed E-state index contributed by atoms with van der Waals surface area (Å²) in [5.74, 6) is 0.0642. The molecule has 0 aliphatic carbocycles. The second-order valence-electron chi connectivity index (χ2n) is 4.94. The van der Waals surface area contributed by atoms with Gasteiger partial charge in [-0.15, -0.1) is 0 Å². The Hall–Kier alpha value is -1.12. The highest BCUT2D eigenvalue weighted by atomic mass is 35.5. The van der Waals surface area contributed by atoms with Crippen molar-refractivity contribution in [3.8, 4) is 0 Å². The van der Waals surface area contributed by atoms with Crippen molar-refractivity contribution in [1.29, 1.82) is 0 Å². The molecule has 0 atom stereocenters. The molecule has 0 heterocycles. The first-order chi connectivity index (χ1) is 8.34. The number of rotatable bonds is 5. The average molecular weight is 267 g/mol. The molecule has 0 bridgehead atoms. The van der Waals surface area contributed by atoms with E-state index >= 15 is 0 Å². The number of benzene rings is 1. The zero-order valence-corrected chi connectivity index (χ0v) is 12.0. The minimum absolute atomic E-state index is 0.0642. The van der Waals surface area contributed by atoms with Gasteiger partial charge in [0.15, 0.2) is 5.78 Å². The zero-order chi connectivity index (χ0) is 13.8. The second kappa shape index (κ2) is 6.17. The molecule has 0 aliphatic heterocycles. The van der Waals surface area contributed by atoms with Crippen LogP contribution in [-0.2, 0) is 9.53 Å². The minimum Gasteiger partial charge on any atom is -0.378 e. The lowest BCUT2D eigenvalue weighted by molar-refractivity contribution is -0.119. The lowest BCUT2D eigenvalue weighted by atomic mass is 9.99. The Labute approximate surface area is 114 Å². The van der Waals surface area contributed by atoms with Crippen LogP contribution in [0.25, 0.3) is 5.57 Å². The van der Waals surface area contributed by atoms with Gasteiger partial charge in [-0.3, -0.25) is 4.79 Å². The molecule has 1 rings (SSSR count). The van der Waals surface area contributed by atoms with E-state index in [0.717, 1.165) is 11.1 Å². The number of carbonyl (C=O) groups is 1. The fourth-order valence-electron chi connectivity index (χ4n) is 1.58. The largest absolute Gasteiger partial charge is 0.378 e. The summed E-state index contributed by atoms with van der Waals surface area (Å²) in [6.45, 7) is 5.72. The quantitative estimate of drug-likeness (QED) is 0.749. The first kappa shape index (κ1) is 14.9. The molecule has 0 amide bonds. The highest BCUT2D eigenvalue weighted by Crippen LogP contribution is 2.19. The van der Waals surface area contributed by atoms with Crippen molar-refractivity contribution in [2.75, 3.05) is 7.11 Å². The minimum atomic E-state index is -0.423. The SMILES string of the molecule is COC(C)(C)CC(=O)C=C(C)c1ccc(Cl)cc1. The third kappa shape index (κ3) is 4.63. The third-order valence-electron chi connectivity index (χ3n) is 2.83. The maximum absolute atomic E-state index is 11.9. The highest BCUT2D eigenvalue weighted by Gasteiger charge is 2.19. The van der Waals surface area contributed by atoms with Crippen LogP contribution >= 0.6 is 11.6 Å². The van der Waals surface area contributed by atoms with E-state index < -0.39 is 5.60 Å². The van der Waals surface area contributed by atoms with Gasteiger partial charge in [-0.05, 0) is 50.1 Å². The average Bonchev–Trinajstić information content (AvgIpc) is 2.29. The van der Waals surface area contributed by atoms with Gasteiger partial charge in [0.25, 0.3) is 0 Å². The summed E-state index contributed by atoms with van der Waals surface area (Å²) in [6.07, 6.45) is 2.03. The number of methoxy groups -OCH3 is 1. The van der Waals surface area contributed by atoms with Crippen molar-refractivity contribution in [3.05, 3.63) is 40.9 Å². The lowest BCUT2D eigenvalue weighted by Gasteiger charge is -2.21. The molecule has 0 saturated heterocycles. The van der Waals surface area contributed by atoms with Gasteiger partial charge >= 0.3 is 0 Å². The van der Waals surface area contributed by atoms with Gasteiger partial charge in [-0.25, -0.2) is 0 Å². The summed E-state index contributed by atoms with van der Waals surface area (Å²) in [7, 11) is 1.61. The molecule has 0 N–H and O–H groups in total. The Balaban J connectivity index is 2.77. The summed E-state index contributed by atoms with van der Waals surface area (Å²) < 4.78 is 5.24. The number of carbonyl (C=O) groups excluding carboxylic acids is 1. The van der Waals surface area contributed by atoms with Gasteiger partial charge in [-0.2, -0.15) is 0 Å². The fraction of sp³-hybridized carbons (Fsp3) is 0.400. The van der Waals surface area contributed by atoms with Gasteiger partial charge < -0.3 is 4.74 Å². The molecule has 18 heavy (non-hydrogen) atoms. The molecular formula is C15H19ClO2. The molecule has 1 aromatic rings. The van der Waals surface area contributed by atoms with Crippen LogP contribution in [0.15, 0.2) is 30.3 Å². The maximum atomic E-state index is 11.9. The molecule has 0 aromatic heterocycles. The van der Waals surface area contributed by atoms with E-state index in [0.29, 0.717) is 11.4 Å². The fourth-order valence-corrected chi connectivity index (χ4v) is 1.71. The molecule has 0 unspecified atom stereocenters. The van der Waals surface area contributed by atoms with Crippen LogP contribution in [0, 0.1) is 0 Å². The predicted molar refractivity (Wildman–Crippen MR) is 75.8 cm³/mol. The van der Waals surface area contributed by atoms with Gasteiger partial charge in [0.2, 0.25) is 0 Å².